The summed E-state index contributed by atoms with van der Waals surface area (Å²) in [5.74, 6) is 0. The number of nitrogens with one attached hydrogen (secondary N) is 1. The molecule has 1 aromatic rings. The van der Waals surface area contributed by atoms with E-state index in [9.17, 15) is 4.79 Å². The van der Waals surface area contributed by atoms with Crippen LogP contribution in [-0.2, 0) is 4.74 Å². The van der Waals surface area contributed by atoms with Gasteiger partial charge in [0.05, 0.1) is 6.04 Å². The molecule has 0 spiro atoms. The minimum Gasteiger partial charge on any atom is -0.444 e. The maximum absolute atomic E-state index is 11.7. The van der Waals surface area contributed by atoms with E-state index in [0.29, 0.717) is 0 Å². The summed E-state index contributed by atoms with van der Waals surface area (Å²) in [6.07, 6.45) is 3.83. The molecule has 0 bridgehead atoms. The molecule has 1 aromatic heterocycles. The van der Waals surface area contributed by atoms with E-state index in [2.05, 4.69) is 26.2 Å². The van der Waals surface area contributed by atoms with Gasteiger partial charge in [-0.2, -0.15) is 0 Å². The highest BCUT2D eigenvalue weighted by atomic mass is 79.9. The van der Waals surface area contributed by atoms with Crippen LogP contribution in [0.15, 0.2) is 22.9 Å². The van der Waals surface area contributed by atoms with Crippen molar-refractivity contribution in [3.05, 3.63) is 28.5 Å². The van der Waals surface area contributed by atoms with Gasteiger partial charge in [-0.25, -0.2) is 4.79 Å². The first-order valence-corrected chi connectivity index (χ1v) is 6.71. The van der Waals surface area contributed by atoms with Crippen LogP contribution in [0.25, 0.3) is 0 Å². The maximum Gasteiger partial charge on any atom is 0.408 e. The van der Waals surface area contributed by atoms with E-state index in [4.69, 9.17) is 4.74 Å². The number of hydrogen-bond acceptors (Lipinski definition) is 3. The molecule has 100 valence electrons. The van der Waals surface area contributed by atoms with E-state index in [0.717, 1.165) is 16.5 Å². The summed E-state index contributed by atoms with van der Waals surface area (Å²) in [5, 5.41) is 2.84. The van der Waals surface area contributed by atoms with Gasteiger partial charge < -0.3 is 10.1 Å². The smallest absolute Gasteiger partial charge is 0.408 e. The minimum absolute atomic E-state index is 0.0927. The van der Waals surface area contributed by atoms with Crippen molar-refractivity contribution in [1.29, 1.82) is 0 Å². The van der Waals surface area contributed by atoms with Gasteiger partial charge in [0.15, 0.2) is 0 Å². The Morgan fingerprint density at radius 1 is 1.50 bits per heavy atom. The number of halogens is 1. The van der Waals surface area contributed by atoms with E-state index in [1.54, 1.807) is 12.4 Å². The molecule has 0 saturated heterocycles. The molecule has 1 heterocycles. The fourth-order valence-corrected chi connectivity index (χ4v) is 1.87. The number of aromatic nitrogens is 1. The zero-order chi connectivity index (χ0) is 13.8. The lowest BCUT2D eigenvalue weighted by molar-refractivity contribution is 0.0502. The third-order valence-electron chi connectivity index (χ3n) is 2.23. The van der Waals surface area contributed by atoms with Crippen molar-refractivity contribution < 1.29 is 9.53 Å². The average Bonchev–Trinajstić information content (AvgIpc) is 2.23. The average molecular weight is 315 g/mol. The van der Waals surface area contributed by atoms with Gasteiger partial charge in [-0.1, -0.05) is 6.92 Å². The number of hydrogen-bond donors (Lipinski definition) is 1. The fourth-order valence-electron chi connectivity index (χ4n) is 1.49. The molecule has 0 aliphatic heterocycles. The number of ether oxygens (including phenoxy) is 1. The second-order valence-corrected chi connectivity index (χ2v) is 5.96. The predicted molar refractivity (Wildman–Crippen MR) is 74.3 cm³/mol. The lowest BCUT2D eigenvalue weighted by Gasteiger charge is -2.23. The summed E-state index contributed by atoms with van der Waals surface area (Å²) in [6.45, 7) is 7.53. The molecule has 18 heavy (non-hydrogen) atoms. The summed E-state index contributed by atoms with van der Waals surface area (Å²) >= 11 is 3.37. The molecule has 4 nitrogen and oxygen atoms in total. The maximum atomic E-state index is 11.7. The van der Waals surface area contributed by atoms with Crippen molar-refractivity contribution in [1.82, 2.24) is 10.3 Å². The van der Waals surface area contributed by atoms with Crippen molar-refractivity contribution in [2.75, 3.05) is 0 Å². The lowest BCUT2D eigenvalue weighted by atomic mass is 10.1. The fraction of sp³-hybridized carbons (Fsp3) is 0.538. The molecule has 0 aliphatic carbocycles. The minimum atomic E-state index is -0.488. The van der Waals surface area contributed by atoms with Gasteiger partial charge in [0, 0.05) is 16.9 Å². The van der Waals surface area contributed by atoms with Crippen molar-refractivity contribution in [3.8, 4) is 0 Å². The van der Waals surface area contributed by atoms with Gasteiger partial charge in [-0.3, -0.25) is 4.98 Å². The summed E-state index contributed by atoms with van der Waals surface area (Å²) in [5.41, 5.74) is 0.468. The molecule has 5 heteroatoms. The summed E-state index contributed by atoms with van der Waals surface area (Å²) < 4.78 is 6.13. The number of rotatable bonds is 3. The first kappa shape index (κ1) is 15.0. The Bertz CT molecular complexity index is 416. The second kappa shape index (κ2) is 6.18. The quantitative estimate of drug-likeness (QED) is 0.922. The number of nitrogens with zero attached hydrogens (tertiary/aromatic N) is 1. The molecular weight excluding hydrogens is 296 g/mol. The monoisotopic (exact) mass is 314 g/mol. The summed E-state index contributed by atoms with van der Waals surface area (Å²) in [4.78, 5) is 15.8. The number of alkyl carbamates (subject to hydrolysis) is 1. The van der Waals surface area contributed by atoms with Crippen molar-refractivity contribution in [3.63, 3.8) is 0 Å². The van der Waals surface area contributed by atoms with Gasteiger partial charge >= 0.3 is 6.09 Å². The van der Waals surface area contributed by atoms with Gasteiger partial charge in [-0.15, -0.1) is 0 Å². The normalized spacial score (nSPS) is 12.9. The van der Waals surface area contributed by atoms with E-state index in [-0.39, 0.29) is 6.04 Å². The highest BCUT2D eigenvalue weighted by Gasteiger charge is 2.19. The number of pyridine rings is 1. The van der Waals surface area contributed by atoms with Crippen LogP contribution >= 0.6 is 15.9 Å². The van der Waals surface area contributed by atoms with Gasteiger partial charge in [0.1, 0.15) is 5.60 Å². The number of carbonyl (C=O) groups is 1. The molecule has 1 atom stereocenters. The molecule has 0 saturated carbocycles. The van der Waals surface area contributed by atoms with Crippen LogP contribution in [0.3, 0.4) is 0 Å². The summed E-state index contributed by atoms with van der Waals surface area (Å²) in [7, 11) is 0. The topological polar surface area (TPSA) is 51.2 Å². The Morgan fingerprint density at radius 2 is 2.17 bits per heavy atom. The number of amides is 1. The molecule has 1 rings (SSSR count). The van der Waals surface area contributed by atoms with Crippen molar-refractivity contribution in [2.24, 2.45) is 0 Å². The largest absolute Gasteiger partial charge is 0.444 e. The molecule has 1 unspecified atom stereocenters. The zero-order valence-corrected chi connectivity index (χ0v) is 12.7. The highest BCUT2D eigenvalue weighted by Crippen LogP contribution is 2.20. The third-order valence-corrected chi connectivity index (χ3v) is 2.66. The SMILES string of the molecule is CCC(NC(=O)OC(C)(C)C)c1cncc(Br)c1. The van der Waals surface area contributed by atoms with E-state index < -0.39 is 11.7 Å². The van der Waals surface area contributed by atoms with Crippen LogP contribution < -0.4 is 5.32 Å². The van der Waals surface area contributed by atoms with E-state index >= 15 is 0 Å². The van der Waals surface area contributed by atoms with Gasteiger partial charge in [0.2, 0.25) is 0 Å². The van der Waals surface area contributed by atoms with Crippen LogP contribution in [0, 0.1) is 0 Å². The van der Waals surface area contributed by atoms with Crippen molar-refractivity contribution in [2.45, 2.75) is 45.8 Å². The number of carbonyl (C=O) groups excluding carboxylic acids is 1. The Balaban J connectivity index is 2.71. The Kier molecular flexibility index (Phi) is 5.14. The second-order valence-electron chi connectivity index (χ2n) is 5.04. The van der Waals surface area contributed by atoms with Crippen LogP contribution in [0.4, 0.5) is 4.79 Å². The molecule has 1 amide bonds. The van der Waals surface area contributed by atoms with Crippen LogP contribution in [0.2, 0.25) is 0 Å². The molecular formula is C13H19BrN2O2. The van der Waals surface area contributed by atoms with Gasteiger partial charge in [-0.05, 0) is 54.8 Å². The Labute approximate surface area is 116 Å². The van der Waals surface area contributed by atoms with Gasteiger partial charge in [0.25, 0.3) is 0 Å². The Hall–Kier alpha value is -1.10. The summed E-state index contributed by atoms with van der Waals surface area (Å²) in [6, 6.07) is 1.85. The van der Waals surface area contributed by atoms with E-state index in [1.165, 1.54) is 0 Å². The van der Waals surface area contributed by atoms with E-state index in [1.807, 2.05) is 33.8 Å². The van der Waals surface area contributed by atoms with Crippen molar-refractivity contribution >= 4 is 22.0 Å². The Morgan fingerprint density at radius 3 is 2.67 bits per heavy atom. The van der Waals surface area contributed by atoms with Crippen LogP contribution in [-0.4, -0.2) is 16.7 Å². The van der Waals surface area contributed by atoms with Crippen LogP contribution in [0.5, 0.6) is 0 Å². The zero-order valence-electron chi connectivity index (χ0n) is 11.2. The molecule has 0 radical (unpaired) electrons. The first-order valence-electron chi connectivity index (χ1n) is 5.92. The third kappa shape index (κ3) is 5.04. The standard InChI is InChI=1S/C13H19BrN2O2/c1-5-11(9-6-10(14)8-15-7-9)16-12(17)18-13(2,3)4/h6-8,11H,5H2,1-4H3,(H,16,17). The van der Waals surface area contributed by atoms with Crippen LogP contribution in [0.1, 0.15) is 45.7 Å². The highest BCUT2D eigenvalue weighted by molar-refractivity contribution is 9.10. The molecule has 0 fully saturated rings. The first-order chi connectivity index (χ1) is 8.31. The molecule has 1 N–H and O–H groups in total. The molecule has 0 aromatic carbocycles. The lowest BCUT2D eigenvalue weighted by Crippen LogP contribution is -2.34. The predicted octanol–water partition coefficient (Wildman–Crippen LogP) is 3.82. The molecule has 0 aliphatic rings.